The summed E-state index contributed by atoms with van der Waals surface area (Å²) in [6, 6.07) is 15.8. The van der Waals surface area contributed by atoms with Crippen molar-refractivity contribution in [2.24, 2.45) is 0 Å². The van der Waals surface area contributed by atoms with E-state index in [1.807, 2.05) is 30.3 Å². The van der Waals surface area contributed by atoms with Gasteiger partial charge in [0.1, 0.15) is 5.41 Å². The summed E-state index contributed by atoms with van der Waals surface area (Å²) in [7, 11) is 0. The summed E-state index contributed by atoms with van der Waals surface area (Å²) >= 11 is 12.5. The molecule has 2 aromatic carbocycles. The fourth-order valence-electron chi connectivity index (χ4n) is 4.84. The molecule has 0 bridgehead atoms. The van der Waals surface area contributed by atoms with Crippen LogP contribution in [-0.2, 0) is 15.0 Å². The van der Waals surface area contributed by atoms with Gasteiger partial charge < -0.3 is 10.6 Å². The van der Waals surface area contributed by atoms with Gasteiger partial charge in [0.05, 0.1) is 6.04 Å². The van der Waals surface area contributed by atoms with Crippen molar-refractivity contribution in [1.82, 2.24) is 10.3 Å². The maximum Gasteiger partial charge on any atom is 0.238 e. The zero-order valence-corrected chi connectivity index (χ0v) is 17.2. The van der Waals surface area contributed by atoms with E-state index in [1.54, 1.807) is 36.7 Å². The van der Waals surface area contributed by atoms with Crippen molar-refractivity contribution in [2.45, 2.75) is 23.8 Å². The summed E-state index contributed by atoms with van der Waals surface area (Å²) < 4.78 is 0. The van der Waals surface area contributed by atoms with Crippen LogP contribution in [0.4, 0.5) is 5.69 Å². The van der Waals surface area contributed by atoms with Crippen LogP contribution < -0.4 is 10.6 Å². The molecule has 1 aromatic heterocycles. The minimum absolute atomic E-state index is 0.130. The van der Waals surface area contributed by atoms with Crippen molar-refractivity contribution in [3.05, 3.63) is 93.7 Å². The highest BCUT2D eigenvalue weighted by molar-refractivity contribution is 6.31. The molecule has 7 heteroatoms. The smallest absolute Gasteiger partial charge is 0.238 e. The number of hydrogen-bond donors (Lipinski definition) is 2. The van der Waals surface area contributed by atoms with Crippen LogP contribution in [0.15, 0.2) is 67.0 Å². The van der Waals surface area contributed by atoms with Gasteiger partial charge in [0.2, 0.25) is 11.8 Å². The molecule has 2 aliphatic heterocycles. The number of nitrogens with zero attached hydrogens (tertiary/aromatic N) is 1. The van der Waals surface area contributed by atoms with Gasteiger partial charge in [0.25, 0.3) is 0 Å². The van der Waals surface area contributed by atoms with E-state index >= 15 is 0 Å². The summed E-state index contributed by atoms with van der Waals surface area (Å²) in [5.74, 6) is -0.731. The number of halogens is 2. The van der Waals surface area contributed by atoms with Crippen LogP contribution in [0.2, 0.25) is 10.0 Å². The lowest BCUT2D eigenvalue weighted by atomic mass is 9.59. The third-order valence-electron chi connectivity index (χ3n) is 6.02. The number of amides is 2. The van der Waals surface area contributed by atoms with Crippen LogP contribution in [0.5, 0.6) is 0 Å². The standard InChI is InChI=1S/C23H17Cl2N3O2/c24-15-5-1-3-13(9-15)18-11-20(29)28-21(14-4-2-8-26-12-14)23(18)17-7-6-16(25)10-19(17)27-22(23)30/h1-10,12,18,21H,11H2,(H,27,30)(H,28,29)/t18-,21+,23-/m0/s1. The first-order chi connectivity index (χ1) is 14.5. The number of rotatable bonds is 2. The van der Waals surface area contributed by atoms with Gasteiger partial charge in [0, 0.05) is 40.5 Å². The molecule has 1 fully saturated rings. The highest BCUT2D eigenvalue weighted by Crippen LogP contribution is 2.57. The van der Waals surface area contributed by atoms with E-state index in [2.05, 4.69) is 15.6 Å². The summed E-state index contributed by atoms with van der Waals surface area (Å²) in [4.78, 5) is 30.8. The van der Waals surface area contributed by atoms with Gasteiger partial charge >= 0.3 is 0 Å². The number of carbonyl (C=O) groups is 2. The summed E-state index contributed by atoms with van der Waals surface area (Å²) in [5, 5.41) is 7.15. The molecule has 5 nitrogen and oxygen atoms in total. The number of fused-ring (bicyclic) bond motifs is 2. The maximum atomic E-state index is 13.7. The molecule has 5 rings (SSSR count). The van der Waals surface area contributed by atoms with E-state index in [-0.39, 0.29) is 18.2 Å². The van der Waals surface area contributed by atoms with Gasteiger partial charge in [-0.2, -0.15) is 0 Å². The Hall–Kier alpha value is -2.89. The van der Waals surface area contributed by atoms with E-state index < -0.39 is 17.4 Å². The third-order valence-corrected chi connectivity index (χ3v) is 6.49. The molecule has 0 radical (unpaired) electrons. The van der Waals surface area contributed by atoms with E-state index in [1.165, 1.54) is 0 Å². The van der Waals surface area contributed by atoms with Crippen LogP contribution in [0.25, 0.3) is 0 Å². The maximum absolute atomic E-state index is 13.7. The molecular formula is C23H17Cl2N3O2. The highest BCUT2D eigenvalue weighted by Gasteiger charge is 2.61. The Kier molecular flexibility index (Phi) is 4.53. The summed E-state index contributed by atoms with van der Waals surface area (Å²) in [6.07, 6.45) is 3.51. The van der Waals surface area contributed by atoms with E-state index in [0.717, 1.165) is 16.7 Å². The second kappa shape index (κ2) is 7.11. The molecule has 3 atom stereocenters. The Morgan fingerprint density at radius 2 is 1.77 bits per heavy atom. The number of benzene rings is 2. The zero-order valence-electron chi connectivity index (χ0n) is 15.7. The lowest BCUT2D eigenvalue weighted by Crippen LogP contribution is -2.56. The van der Waals surface area contributed by atoms with Crippen molar-refractivity contribution in [3.63, 3.8) is 0 Å². The number of hydrogen-bond acceptors (Lipinski definition) is 3. The van der Waals surface area contributed by atoms with Gasteiger partial charge in [0.15, 0.2) is 0 Å². The lowest BCUT2D eigenvalue weighted by Gasteiger charge is -2.46. The van der Waals surface area contributed by atoms with Crippen molar-refractivity contribution in [2.75, 3.05) is 5.32 Å². The quantitative estimate of drug-likeness (QED) is 0.613. The summed E-state index contributed by atoms with van der Waals surface area (Å²) in [5.41, 5.74) is 1.99. The number of nitrogens with one attached hydrogen (secondary N) is 2. The second-order valence-electron chi connectivity index (χ2n) is 7.61. The topological polar surface area (TPSA) is 71.1 Å². The Morgan fingerprint density at radius 3 is 2.53 bits per heavy atom. The minimum Gasteiger partial charge on any atom is -0.348 e. The predicted molar refractivity (Wildman–Crippen MR) is 116 cm³/mol. The normalized spacial score (nSPS) is 25.0. The van der Waals surface area contributed by atoms with Crippen molar-refractivity contribution in [3.8, 4) is 0 Å². The first-order valence-electron chi connectivity index (χ1n) is 9.56. The molecule has 0 aliphatic carbocycles. The van der Waals surface area contributed by atoms with Gasteiger partial charge in [-0.25, -0.2) is 0 Å². The fourth-order valence-corrected chi connectivity index (χ4v) is 5.21. The average Bonchev–Trinajstić information content (AvgIpc) is 3.01. The number of pyridine rings is 1. The molecule has 30 heavy (non-hydrogen) atoms. The number of carbonyl (C=O) groups excluding carboxylic acids is 2. The van der Waals surface area contributed by atoms with E-state index in [4.69, 9.17) is 23.2 Å². The largest absolute Gasteiger partial charge is 0.348 e. The molecule has 2 N–H and O–H groups in total. The van der Waals surface area contributed by atoms with Crippen LogP contribution in [0.3, 0.4) is 0 Å². The van der Waals surface area contributed by atoms with Gasteiger partial charge in [-0.15, -0.1) is 0 Å². The van der Waals surface area contributed by atoms with Crippen LogP contribution in [0, 0.1) is 0 Å². The number of aromatic nitrogens is 1. The number of anilines is 1. The second-order valence-corrected chi connectivity index (χ2v) is 8.48. The first-order valence-corrected chi connectivity index (χ1v) is 10.3. The molecule has 2 amide bonds. The molecule has 3 heterocycles. The number of piperidine rings is 1. The van der Waals surface area contributed by atoms with E-state index in [9.17, 15) is 9.59 Å². The summed E-state index contributed by atoms with van der Waals surface area (Å²) in [6.45, 7) is 0. The minimum atomic E-state index is -1.07. The van der Waals surface area contributed by atoms with Crippen LogP contribution in [0.1, 0.15) is 35.1 Å². The third kappa shape index (κ3) is 2.81. The molecule has 3 aromatic rings. The Morgan fingerprint density at radius 1 is 0.967 bits per heavy atom. The monoisotopic (exact) mass is 437 g/mol. The predicted octanol–water partition coefficient (Wildman–Crippen LogP) is 4.62. The molecule has 1 saturated heterocycles. The molecule has 2 aliphatic rings. The highest BCUT2D eigenvalue weighted by atomic mass is 35.5. The van der Waals surface area contributed by atoms with Crippen LogP contribution >= 0.6 is 23.2 Å². The lowest BCUT2D eigenvalue weighted by molar-refractivity contribution is -0.131. The zero-order chi connectivity index (χ0) is 20.9. The van der Waals surface area contributed by atoms with Crippen LogP contribution in [-0.4, -0.2) is 16.8 Å². The van der Waals surface area contributed by atoms with Gasteiger partial charge in [-0.1, -0.05) is 47.5 Å². The average molecular weight is 438 g/mol. The fraction of sp³-hybridized carbons (Fsp3) is 0.174. The van der Waals surface area contributed by atoms with Crippen molar-refractivity contribution >= 4 is 40.7 Å². The molecule has 0 saturated carbocycles. The SMILES string of the molecule is O=C1C[C@@H](c2cccc(Cl)c2)[C@]2(C(=O)Nc3cc(Cl)ccc32)[C@@H](c2cccnc2)N1. The van der Waals surface area contributed by atoms with Crippen molar-refractivity contribution in [1.29, 1.82) is 0 Å². The Bertz CT molecular complexity index is 1170. The van der Waals surface area contributed by atoms with Gasteiger partial charge in [-0.05, 0) is 47.0 Å². The van der Waals surface area contributed by atoms with Crippen molar-refractivity contribution < 1.29 is 9.59 Å². The molecule has 150 valence electrons. The van der Waals surface area contributed by atoms with Gasteiger partial charge in [-0.3, -0.25) is 14.6 Å². The van der Waals surface area contributed by atoms with E-state index in [0.29, 0.717) is 15.7 Å². The molecular weight excluding hydrogens is 421 g/mol. The molecule has 1 spiro atoms. The molecule has 0 unspecified atom stereocenters. The first kappa shape index (κ1) is 19.1. The Labute approximate surface area is 183 Å². The Balaban J connectivity index is 1.81.